The molecular weight excluding hydrogens is 321 g/mol. The molecule has 24 heavy (non-hydrogen) atoms. The Morgan fingerprint density at radius 2 is 1.92 bits per heavy atom. The highest BCUT2D eigenvalue weighted by Gasteiger charge is 2.42. The number of carbonyl (C=O) groups is 2. The molecule has 0 spiro atoms. The lowest BCUT2D eigenvalue weighted by atomic mass is 10.0. The minimum atomic E-state index is -4.44. The normalized spacial score (nSPS) is 22.5. The van der Waals surface area contributed by atoms with E-state index >= 15 is 0 Å². The SMILES string of the molecule is O=C(NC(c1ccccc1)C1CC1)C1CC(=O)N(CC(F)(F)F)C1. The Labute approximate surface area is 138 Å². The maximum Gasteiger partial charge on any atom is 0.406 e. The summed E-state index contributed by atoms with van der Waals surface area (Å²) in [5.74, 6) is -1.31. The number of benzene rings is 1. The van der Waals surface area contributed by atoms with Gasteiger partial charge in [0.1, 0.15) is 6.54 Å². The fourth-order valence-corrected chi connectivity index (χ4v) is 3.15. The highest BCUT2D eigenvalue weighted by atomic mass is 19.4. The van der Waals surface area contributed by atoms with Crippen molar-refractivity contribution in [3.8, 4) is 0 Å². The molecule has 1 saturated heterocycles. The summed E-state index contributed by atoms with van der Waals surface area (Å²) >= 11 is 0. The van der Waals surface area contributed by atoms with Gasteiger partial charge in [0.2, 0.25) is 11.8 Å². The molecule has 1 heterocycles. The lowest BCUT2D eigenvalue weighted by Crippen LogP contribution is -2.38. The third-order valence-corrected chi connectivity index (χ3v) is 4.51. The second kappa shape index (κ2) is 6.45. The lowest BCUT2D eigenvalue weighted by Gasteiger charge is -2.22. The van der Waals surface area contributed by atoms with Gasteiger partial charge >= 0.3 is 6.18 Å². The average molecular weight is 340 g/mol. The topological polar surface area (TPSA) is 49.4 Å². The molecule has 2 fully saturated rings. The van der Waals surface area contributed by atoms with Crippen LogP contribution in [0.5, 0.6) is 0 Å². The quantitative estimate of drug-likeness (QED) is 0.896. The van der Waals surface area contributed by atoms with Crippen molar-refractivity contribution in [2.24, 2.45) is 11.8 Å². The summed E-state index contributed by atoms with van der Waals surface area (Å²) in [6.07, 6.45) is -2.57. The molecule has 0 aromatic heterocycles. The van der Waals surface area contributed by atoms with Gasteiger partial charge in [-0.25, -0.2) is 0 Å². The third-order valence-electron chi connectivity index (χ3n) is 4.51. The Morgan fingerprint density at radius 3 is 2.50 bits per heavy atom. The second-order valence-corrected chi connectivity index (χ2v) is 6.52. The molecule has 1 aliphatic carbocycles. The van der Waals surface area contributed by atoms with Crippen LogP contribution in [-0.2, 0) is 9.59 Å². The number of rotatable bonds is 5. The number of likely N-dealkylation sites (tertiary alicyclic amines) is 1. The highest BCUT2D eigenvalue weighted by Crippen LogP contribution is 2.41. The number of nitrogens with zero attached hydrogens (tertiary/aromatic N) is 1. The van der Waals surface area contributed by atoms with E-state index in [1.807, 2.05) is 30.3 Å². The van der Waals surface area contributed by atoms with E-state index in [2.05, 4.69) is 5.32 Å². The van der Waals surface area contributed by atoms with Crippen molar-refractivity contribution in [1.29, 1.82) is 0 Å². The van der Waals surface area contributed by atoms with E-state index in [0.29, 0.717) is 5.92 Å². The molecule has 1 aromatic rings. The summed E-state index contributed by atoms with van der Waals surface area (Å²) in [5, 5.41) is 2.94. The van der Waals surface area contributed by atoms with Gasteiger partial charge in [-0.1, -0.05) is 30.3 Å². The number of hydrogen-bond acceptors (Lipinski definition) is 2. The Hall–Kier alpha value is -2.05. The van der Waals surface area contributed by atoms with Crippen molar-refractivity contribution in [3.05, 3.63) is 35.9 Å². The van der Waals surface area contributed by atoms with E-state index in [1.165, 1.54) is 0 Å². The second-order valence-electron chi connectivity index (χ2n) is 6.52. The van der Waals surface area contributed by atoms with Crippen molar-refractivity contribution >= 4 is 11.8 Å². The van der Waals surface area contributed by atoms with Crippen LogP contribution in [0.1, 0.15) is 30.9 Å². The molecule has 1 saturated carbocycles. The van der Waals surface area contributed by atoms with Crippen LogP contribution in [0.4, 0.5) is 13.2 Å². The predicted molar refractivity (Wildman–Crippen MR) is 80.8 cm³/mol. The molecule has 1 aliphatic heterocycles. The summed E-state index contributed by atoms with van der Waals surface area (Å²) in [7, 11) is 0. The van der Waals surface area contributed by atoms with Crippen molar-refractivity contribution in [2.45, 2.75) is 31.5 Å². The van der Waals surface area contributed by atoms with Crippen LogP contribution in [0.3, 0.4) is 0 Å². The summed E-state index contributed by atoms with van der Waals surface area (Å²) in [6, 6.07) is 9.39. The molecule has 2 aliphatic rings. The first-order valence-electron chi connectivity index (χ1n) is 8.03. The zero-order valence-electron chi connectivity index (χ0n) is 13.1. The van der Waals surface area contributed by atoms with E-state index in [1.54, 1.807) is 0 Å². The van der Waals surface area contributed by atoms with Gasteiger partial charge in [0.25, 0.3) is 0 Å². The molecule has 0 radical (unpaired) electrons. The molecule has 2 amide bonds. The zero-order valence-corrected chi connectivity index (χ0v) is 13.1. The molecule has 2 atom stereocenters. The molecule has 7 heteroatoms. The van der Waals surface area contributed by atoms with Crippen molar-refractivity contribution in [3.63, 3.8) is 0 Å². The van der Waals surface area contributed by atoms with Crippen LogP contribution < -0.4 is 5.32 Å². The van der Waals surface area contributed by atoms with Gasteiger partial charge < -0.3 is 10.2 Å². The summed E-state index contributed by atoms with van der Waals surface area (Å²) in [5.41, 5.74) is 0.991. The van der Waals surface area contributed by atoms with Crippen molar-refractivity contribution < 1.29 is 22.8 Å². The number of hydrogen-bond donors (Lipinski definition) is 1. The van der Waals surface area contributed by atoms with Gasteiger partial charge in [-0.2, -0.15) is 13.2 Å². The van der Waals surface area contributed by atoms with E-state index < -0.39 is 24.5 Å². The molecule has 4 nitrogen and oxygen atoms in total. The van der Waals surface area contributed by atoms with E-state index in [4.69, 9.17) is 0 Å². The third kappa shape index (κ3) is 4.07. The Kier molecular flexibility index (Phi) is 4.51. The van der Waals surface area contributed by atoms with Crippen molar-refractivity contribution in [2.75, 3.05) is 13.1 Å². The number of halogens is 3. The van der Waals surface area contributed by atoms with Crippen molar-refractivity contribution in [1.82, 2.24) is 10.2 Å². The Bertz CT molecular complexity index is 614. The summed E-state index contributed by atoms with van der Waals surface area (Å²) < 4.78 is 37.4. The van der Waals surface area contributed by atoms with Gasteiger partial charge in [-0.05, 0) is 24.3 Å². The molecule has 1 aromatic carbocycles. The number of amides is 2. The van der Waals surface area contributed by atoms with Gasteiger partial charge in [0, 0.05) is 13.0 Å². The van der Waals surface area contributed by atoms with Crippen LogP contribution in [0.15, 0.2) is 30.3 Å². The fourth-order valence-electron chi connectivity index (χ4n) is 3.15. The van der Waals surface area contributed by atoms with Crippen LogP contribution >= 0.6 is 0 Å². The number of alkyl halides is 3. The maximum absolute atomic E-state index is 12.5. The minimum absolute atomic E-state index is 0.134. The Balaban J connectivity index is 1.63. The first-order valence-corrected chi connectivity index (χ1v) is 8.03. The van der Waals surface area contributed by atoms with E-state index in [0.717, 1.165) is 23.3 Å². The van der Waals surface area contributed by atoms with Gasteiger partial charge in [0.15, 0.2) is 0 Å². The molecule has 0 bridgehead atoms. The highest BCUT2D eigenvalue weighted by molar-refractivity contribution is 5.89. The number of nitrogens with one attached hydrogen (secondary N) is 1. The van der Waals surface area contributed by atoms with Gasteiger partial charge in [0.05, 0.1) is 12.0 Å². The largest absolute Gasteiger partial charge is 0.406 e. The molecule has 130 valence electrons. The predicted octanol–water partition coefficient (Wildman–Crippen LogP) is 2.66. The average Bonchev–Trinajstić information content (AvgIpc) is 3.29. The maximum atomic E-state index is 12.5. The first-order chi connectivity index (χ1) is 11.3. The Morgan fingerprint density at radius 1 is 1.25 bits per heavy atom. The van der Waals surface area contributed by atoms with E-state index in [9.17, 15) is 22.8 Å². The first kappa shape index (κ1) is 16.8. The van der Waals surface area contributed by atoms with Gasteiger partial charge in [-0.3, -0.25) is 9.59 Å². The monoisotopic (exact) mass is 340 g/mol. The molecule has 2 unspecified atom stereocenters. The van der Waals surface area contributed by atoms with Gasteiger partial charge in [-0.15, -0.1) is 0 Å². The zero-order chi connectivity index (χ0) is 17.3. The standard InChI is InChI=1S/C17H19F3N2O2/c18-17(19,20)10-22-9-13(8-14(22)23)16(24)21-15(12-6-7-12)11-4-2-1-3-5-11/h1-5,12-13,15H,6-10H2,(H,21,24). The minimum Gasteiger partial charge on any atom is -0.349 e. The molecular formula is C17H19F3N2O2. The van der Waals surface area contributed by atoms with Crippen LogP contribution in [0.2, 0.25) is 0 Å². The number of carbonyl (C=O) groups excluding carboxylic acids is 2. The smallest absolute Gasteiger partial charge is 0.349 e. The van der Waals surface area contributed by atoms with Crippen LogP contribution in [0, 0.1) is 11.8 Å². The fraction of sp³-hybridized carbons (Fsp3) is 0.529. The van der Waals surface area contributed by atoms with E-state index in [-0.39, 0.29) is 24.9 Å². The summed E-state index contributed by atoms with van der Waals surface area (Å²) in [4.78, 5) is 24.9. The molecule has 3 rings (SSSR count). The lowest BCUT2D eigenvalue weighted by molar-refractivity contribution is -0.157. The van der Waals surface area contributed by atoms with Crippen LogP contribution in [-0.4, -0.2) is 36.0 Å². The van der Waals surface area contributed by atoms with Crippen LogP contribution in [0.25, 0.3) is 0 Å². The molecule has 1 N–H and O–H groups in total. The summed E-state index contributed by atoms with van der Waals surface area (Å²) in [6.45, 7) is -1.46.